The lowest BCUT2D eigenvalue weighted by Gasteiger charge is -2.17. The number of phenolic OH excluding ortho intramolecular Hbond substituents is 2. The molecule has 0 radical (unpaired) electrons. The molecule has 134 valence electrons. The molecule has 0 unspecified atom stereocenters. The summed E-state index contributed by atoms with van der Waals surface area (Å²) in [5.41, 5.74) is 3.92. The van der Waals surface area contributed by atoms with Gasteiger partial charge in [0, 0.05) is 11.1 Å². The maximum atomic E-state index is 10.4. The number of benzene rings is 1. The van der Waals surface area contributed by atoms with E-state index in [0.717, 1.165) is 19.3 Å². The molecule has 1 aromatic carbocycles. The van der Waals surface area contributed by atoms with E-state index >= 15 is 0 Å². The third kappa shape index (κ3) is 4.70. The summed E-state index contributed by atoms with van der Waals surface area (Å²) >= 11 is 0. The zero-order chi connectivity index (χ0) is 18.3. The first kappa shape index (κ1) is 19.9. The van der Waals surface area contributed by atoms with Crippen molar-refractivity contribution in [3.05, 3.63) is 34.4 Å². The first-order valence-corrected chi connectivity index (χ1v) is 8.33. The van der Waals surface area contributed by atoms with Crippen LogP contribution in [0.15, 0.2) is 23.3 Å². The lowest BCUT2D eigenvalue weighted by molar-refractivity contribution is 0.314. The Balaban J connectivity index is 2.99. The number of ether oxygens (including phenoxy) is 2. The zero-order valence-corrected chi connectivity index (χ0v) is 15.7. The van der Waals surface area contributed by atoms with Crippen LogP contribution >= 0.6 is 0 Å². The van der Waals surface area contributed by atoms with Crippen molar-refractivity contribution in [2.24, 2.45) is 0 Å². The molecule has 1 rings (SSSR count). The van der Waals surface area contributed by atoms with Gasteiger partial charge in [-0.3, -0.25) is 0 Å². The van der Waals surface area contributed by atoms with Gasteiger partial charge in [0.1, 0.15) is 0 Å². The first-order valence-electron chi connectivity index (χ1n) is 8.33. The lowest BCUT2D eigenvalue weighted by atomic mass is 9.99. The second-order valence-electron chi connectivity index (χ2n) is 6.06. The smallest absolute Gasteiger partial charge is 0.207 e. The highest BCUT2D eigenvalue weighted by Crippen LogP contribution is 2.48. The molecule has 0 saturated heterocycles. The van der Waals surface area contributed by atoms with Gasteiger partial charge in [0.05, 0.1) is 14.2 Å². The van der Waals surface area contributed by atoms with Gasteiger partial charge in [0.15, 0.2) is 11.5 Å². The Hall–Kier alpha value is -2.10. The van der Waals surface area contributed by atoms with Crippen molar-refractivity contribution in [3.63, 3.8) is 0 Å². The van der Waals surface area contributed by atoms with Gasteiger partial charge in [-0.25, -0.2) is 0 Å². The van der Waals surface area contributed by atoms with Gasteiger partial charge in [-0.2, -0.15) is 0 Å². The van der Waals surface area contributed by atoms with E-state index in [2.05, 4.69) is 32.9 Å². The van der Waals surface area contributed by atoms with E-state index in [1.807, 2.05) is 0 Å². The molecule has 0 aliphatic rings. The highest BCUT2D eigenvalue weighted by Gasteiger charge is 2.22. The van der Waals surface area contributed by atoms with Crippen LogP contribution in [0.5, 0.6) is 23.0 Å². The quantitative estimate of drug-likeness (QED) is 0.516. The van der Waals surface area contributed by atoms with E-state index in [-0.39, 0.29) is 23.0 Å². The number of rotatable bonds is 8. The van der Waals surface area contributed by atoms with Gasteiger partial charge in [-0.15, -0.1) is 0 Å². The van der Waals surface area contributed by atoms with Crippen molar-refractivity contribution in [3.8, 4) is 23.0 Å². The van der Waals surface area contributed by atoms with Crippen LogP contribution in [0.3, 0.4) is 0 Å². The predicted octanol–water partition coefficient (Wildman–Crippen LogP) is 5.05. The Morgan fingerprint density at radius 3 is 2.08 bits per heavy atom. The van der Waals surface area contributed by atoms with E-state index < -0.39 is 0 Å². The summed E-state index contributed by atoms with van der Waals surface area (Å²) in [6, 6.07) is 0. The Kier molecular flexibility index (Phi) is 7.69. The van der Waals surface area contributed by atoms with Crippen molar-refractivity contribution in [2.45, 2.75) is 53.4 Å². The molecular formula is C20H30O4. The average molecular weight is 334 g/mol. The van der Waals surface area contributed by atoms with Crippen LogP contribution in [-0.4, -0.2) is 24.4 Å². The standard InChI is InChI=1S/C20H30O4/c1-7-13(2)9-8-10-14(3)11-12-16-15(4)17(21)19(23-5)20(24-6)18(16)22/h9,11,21-22H,7-8,10,12H2,1-6H3/b13-9+,14-11+. The predicted molar refractivity (Wildman–Crippen MR) is 98.4 cm³/mol. The van der Waals surface area contributed by atoms with E-state index in [9.17, 15) is 10.2 Å². The summed E-state index contributed by atoms with van der Waals surface area (Å²) in [7, 11) is 2.88. The number of allylic oxidation sites excluding steroid dienone is 4. The van der Waals surface area contributed by atoms with Crippen LogP contribution in [0.25, 0.3) is 0 Å². The minimum Gasteiger partial charge on any atom is -0.504 e. The minimum absolute atomic E-state index is 0.00899. The first-order chi connectivity index (χ1) is 11.4. The molecule has 0 bridgehead atoms. The SMILES string of the molecule is CC/C(C)=C/CC/C(C)=C/Cc1c(C)c(O)c(OC)c(OC)c1O. The largest absolute Gasteiger partial charge is 0.504 e. The molecule has 0 aliphatic heterocycles. The van der Waals surface area contributed by atoms with Crippen LogP contribution in [0.4, 0.5) is 0 Å². The fourth-order valence-electron chi connectivity index (χ4n) is 2.54. The molecule has 0 atom stereocenters. The number of aromatic hydroxyl groups is 2. The Morgan fingerprint density at radius 2 is 1.54 bits per heavy atom. The maximum absolute atomic E-state index is 10.4. The molecular weight excluding hydrogens is 304 g/mol. The number of phenols is 2. The molecule has 4 nitrogen and oxygen atoms in total. The van der Waals surface area contributed by atoms with E-state index in [1.165, 1.54) is 25.4 Å². The van der Waals surface area contributed by atoms with Crippen molar-refractivity contribution in [1.29, 1.82) is 0 Å². The van der Waals surface area contributed by atoms with Crippen molar-refractivity contribution >= 4 is 0 Å². The monoisotopic (exact) mass is 334 g/mol. The molecule has 24 heavy (non-hydrogen) atoms. The maximum Gasteiger partial charge on any atom is 0.207 e. The van der Waals surface area contributed by atoms with E-state index in [4.69, 9.17) is 9.47 Å². The Labute approximate surface area is 145 Å². The molecule has 0 fully saturated rings. The van der Waals surface area contributed by atoms with Crippen molar-refractivity contribution in [2.75, 3.05) is 14.2 Å². The molecule has 0 heterocycles. The second-order valence-corrected chi connectivity index (χ2v) is 6.06. The molecule has 1 aromatic rings. The molecule has 0 aromatic heterocycles. The fourth-order valence-corrected chi connectivity index (χ4v) is 2.54. The Morgan fingerprint density at radius 1 is 0.958 bits per heavy atom. The van der Waals surface area contributed by atoms with Crippen molar-refractivity contribution in [1.82, 2.24) is 0 Å². The summed E-state index contributed by atoms with van der Waals surface area (Å²) in [5.74, 6) is 0.366. The second kappa shape index (κ2) is 9.26. The zero-order valence-electron chi connectivity index (χ0n) is 15.7. The fraction of sp³-hybridized carbons (Fsp3) is 0.500. The van der Waals surface area contributed by atoms with Crippen LogP contribution < -0.4 is 9.47 Å². The summed E-state index contributed by atoms with van der Waals surface area (Å²) in [4.78, 5) is 0. The van der Waals surface area contributed by atoms with Gasteiger partial charge in [0.25, 0.3) is 0 Å². The van der Waals surface area contributed by atoms with Gasteiger partial charge < -0.3 is 19.7 Å². The van der Waals surface area contributed by atoms with E-state index in [1.54, 1.807) is 6.92 Å². The molecule has 0 amide bonds. The molecule has 0 aliphatic carbocycles. The summed E-state index contributed by atoms with van der Waals surface area (Å²) in [6.07, 6.45) is 7.97. The Bertz CT molecular complexity index is 627. The van der Waals surface area contributed by atoms with Gasteiger partial charge >= 0.3 is 0 Å². The molecule has 4 heteroatoms. The molecule has 2 N–H and O–H groups in total. The highest BCUT2D eigenvalue weighted by molar-refractivity contribution is 5.66. The normalized spacial score (nSPS) is 12.4. The third-order valence-electron chi connectivity index (χ3n) is 4.38. The molecule has 0 saturated carbocycles. The average Bonchev–Trinajstić information content (AvgIpc) is 2.57. The van der Waals surface area contributed by atoms with E-state index in [0.29, 0.717) is 17.5 Å². The minimum atomic E-state index is 0.00899. The highest BCUT2D eigenvalue weighted by atomic mass is 16.5. The van der Waals surface area contributed by atoms with Crippen LogP contribution in [0, 0.1) is 6.92 Å². The van der Waals surface area contributed by atoms with Gasteiger partial charge in [-0.05, 0) is 46.5 Å². The number of methoxy groups -OCH3 is 2. The summed E-state index contributed by atoms with van der Waals surface area (Å²) in [6.45, 7) is 8.15. The van der Waals surface area contributed by atoms with Crippen LogP contribution in [0.2, 0.25) is 0 Å². The van der Waals surface area contributed by atoms with Gasteiger partial charge in [-0.1, -0.05) is 30.2 Å². The van der Waals surface area contributed by atoms with Crippen LogP contribution in [0.1, 0.15) is 51.2 Å². The van der Waals surface area contributed by atoms with Crippen LogP contribution in [-0.2, 0) is 6.42 Å². The number of hydrogen-bond acceptors (Lipinski definition) is 4. The third-order valence-corrected chi connectivity index (χ3v) is 4.38. The summed E-state index contributed by atoms with van der Waals surface area (Å²) < 4.78 is 10.3. The topological polar surface area (TPSA) is 58.9 Å². The number of hydrogen-bond donors (Lipinski definition) is 2. The summed E-state index contributed by atoms with van der Waals surface area (Å²) in [5, 5.41) is 20.7. The lowest BCUT2D eigenvalue weighted by Crippen LogP contribution is -1.98. The molecule has 0 spiro atoms. The van der Waals surface area contributed by atoms with Gasteiger partial charge in [0.2, 0.25) is 11.5 Å². The van der Waals surface area contributed by atoms with Crippen molar-refractivity contribution < 1.29 is 19.7 Å².